The molecule has 0 aliphatic rings. The topological polar surface area (TPSA) is 92.7 Å². The van der Waals surface area contributed by atoms with Crippen LogP contribution in [0.4, 0.5) is 0 Å². The number of hydrogen-bond acceptors (Lipinski definition) is 6. The number of carbonyl (C=O) groups excluding carboxylic acids is 1. The quantitative estimate of drug-likeness (QED) is 0.314. The van der Waals surface area contributed by atoms with E-state index in [1.165, 1.54) is 37.7 Å². The third kappa shape index (κ3) is 3.19. The molecule has 7 heteroatoms. The van der Waals surface area contributed by atoms with E-state index in [0.717, 1.165) is 0 Å². The van der Waals surface area contributed by atoms with Gasteiger partial charge in [0.05, 0.1) is 12.7 Å². The highest BCUT2D eigenvalue weighted by molar-refractivity contribution is 5.89. The number of fused-ring (bicyclic) bond motifs is 1. The highest BCUT2D eigenvalue weighted by atomic mass is 16.5. The molecular formula is C17H13NO6. The Balaban J connectivity index is 1.85. The summed E-state index contributed by atoms with van der Waals surface area (Å²) in [6.07, 6.45) is 2.41. The van der Waals surface area contributed by atoms with Crippen molar-refractivity contribution in [2.45, 2.75) is 6.61 Å². The molecule has 0 bridgehead atoms. The second kappa shape index (κ2) is 6.41. The van der Waals surface area contributed by atoms with Crippen molar-refractivity contribution in [2.24, 2.45) is 0 Å². The first kappa shape index (κ1) is 15.5. The van der Waals surface area contributed by atoms with Crippen LogP contribution in [0.15, 0.2) is 58.0 Å². The zero-order chi connectivity index (χ0) is 17.1. The Morgan fingerprint density at radius 1 is 1.21 bits per heavy atom. The zero-order valence-electron chi connectivity index (χ0n) is 12.7. The van der Waals surface area contributed by atoms with E-state index in [2.05, 4.69) is 0 Å². The summed E-state index contributed by atoms with van der Waals surface area (Å²) in [6.45, 7) is -0.0977. The first-order valence-electron chi connectivity index (χ1n) is 7.03. The Morgan fingerprint density at radius 2 is 1.96 bits per heavy atom. The SMILES string of the molecule is COc1ccc2c(COC(=O)c3cc[n+]([O-])cc3)cc(=O)oc2c1. The molecule has 0 N–H and O–H groups in total. The minimum Gasteiger partial charge on any atom is -0.619 e. The molecule has 0 unspecified atom stereocenters. The van der Waals surface area contributed by atoms with Crippen molar-refractivity contribution in [1.29, 1.82) is 0 Å². The predicted octanol–water partition coefficient (Wildman–Crippen LogP) is 1.79. The summed E-state index contributed by atoms with van der Waals surface area (Å²) in [4.78, 5) is 23.7. The molecule has 7 nitrogen and oxygen atoms in total. The predicted molar refractivity (Wildman–Crippen MR) is 83.6 cm³/mol. The van der Waals surface area contributed by atoms with Gasteiger partial charge in [-0.15, -0.1) is 0 Å². The number of nitrogens with zero attached hydrogens (tertiary/aromatic N) is 1. The molecule has 2 aromatic heterocycles. The molecule has 3 rings (SSSR count). The molecule has 0 saturated carbocycles. The Labute approximate surface area is 136 Å². The van der Waals surface area contributed by atoms with Gasteiger partial charge >= 0.3 is 11.6 Å². The van der Waals surface area contributed by atoms with Crippen LogP contribution in [0.25, 0.3) is 11.0 Å². The van der Waals surface area contributed by atoms with Crippen molar-refractivity contribution in [3.63, 3.8) is 0 Å². The van der Waals surface area contributed by atoms with E-state index in [1.54, 1.807) is 18.2 Å². The summed E-state index contributed by atoms with van der Waals surface area (Å²) >= 11 is 0. The average molecular weight is 327 g/mol. The molecule has 0 atom stereocenters. The minimum atomic E-state index is -0.592. The summed E-state index contributed by atoms with van der Waals surface area (Å²) in [5.41, 5.74) is 0.567. The number of carbonyl (C=O) groups is 1. The van der Waals surface area contributed by atoms with Crippen molar-refractivity contribution in [1.82, 2.24) is 0 Å². The van der Waals surface area contributed by atoms with Crippen molar-refractivity contribution in [3.8, 4) is 5.75 Å². The molecule has 0 saturated heterocycles. The van der Waals surface area contributed by atoms with E-state index in [-0.39, 0.29) is 12.2 Å². The smallest absolute Gasteiger partial charge is 0.338 e. The number of aromatic nitrogens is 1. The van der Waals surface area contributed by atoms with Crippen molar-refractivity contribution in [3.05, 3.63) is 75.5 Å². The lowest BCUT2D eigenvalue weighted by molar-refractivity contribution is -0.605. The minimum absolute atomic E-state index is 0.0977. The lowest BCUT2D eigenvalue weighted by Gasteiger charge is -2.08. The Kier molecular flexibility index (Phi) is 4.15. The molecule has 3 aromatic rings. The summed E-state index contributed by atoms with van der Waals surface area (Å²) in [5.74, 6) is -0.0412. The van der Waals surface area contributed by atoms with Crippen molar-refractivity contribution in [2.75, 3.05) is 7.11 Å². The van der Waals surface area contributed by atoms with Crippen LogP contribution in [-0.2, 0) is 11.3 Å². The fourth-order valence-electron chi connectivity index (χ4n) is 2.23. The maximum absolute atomic E-state index is 12.0. The maximum atomic E-state index is 12.0. The highest BCUT2D eigenvalue weighted by Gasteiger charge is 2.12. The molecule has 0 aliphatic carbocycles. The van der Waals surface area contributed by atoms with Crippen LogP contribution in [0.1, 0.15) is 15.9 Å². The summed E-state index contributed by atoms with van der Waals surface area (Å²) in [6, 6.07) is 9.03. The first-order valence-corrected chi connectivity index (χ1v) is 7.03. The Bertz CT molecular complexity index is 945. The Hall–Kier alpha value is -3.35. The van der Waals surface area contributed by atoms with Gasteiger partial charge < -0.3 is 19.1 Å². The monoisotopic (exact) mass is 327 g/mol. The highest BCUT2D eigenvalue weighted by Crippen LogP contribution is 2.23. The van der Waals surface area contributed by atoms with Crippen molar-refractivity contribution >= 4 is 16.9 Å². The van der Waals surface area contributed by atoms with E-state index < -0.39 is 11.6 Å². The molecule has 0 fully saturated rings. The number of ether oxygens (including phenoxy) is 2. The van der Waals surface area contributed by atoms with Crippen LogP contribution in [0.3, 0.4) is 0 Å². The van der Waals surface area contributed by atoms with Crippen LogP contribution in [0, 0.1) is 5.21 Å². The molecule has 0 spiro atoms. The molecule has 2 heterocycles. The number of rotatable bonds is 4. The number of pyridine rings is 1. The van der Waals surface area contributed by atoms with Crippen LogP contribution < -0.4 is 15.1 Å². The van der Waals surface area contributed by atoms with E-state index in [4.69, 9.17) is 13.9 Å². The van der Waals surface area contributed by atoms with E-state index in [1.807, 2.05) is 0 Å². The summed E-state index contributed by atoms with van der Waals surface area (Å²) in [5, 5.41) is 11.6. The van der Waals surface area contributed by atoms with Crippen LogP contribution in [0.5, 0.6) is 5.75 Å². The average Bonchev–Trinajstić information content (AvgIpc) is 2.59. The fourth-order valence-corrected chi connectivity index (χ4v) is 2.23. The van der Waals surface area contributed by atoms with E-state index >= 15 is 0 Å². The molecule has 0 radical (unpaired) electrons. The zero-order valence-corrected chi connectivity index (χ0v) is 12.7. The lowest BCUT2D eigenvalue weighted by Crippen LogP contribution is -2.24. The molecule has 24 heavy (non-hydrogen) atoms. The number of esters is 1. The van der Waals surface area contributed by atoms with Gasteiger partial charge in [-0.05, 0) is 12.1 Å². The van der Waals surface area contributed by atoms with Gasteiger partial charge in [0.25, 0.3) is 0 Å². The maximum Gasteiger partial charge on any atom is 0.338 e. The van der Waals surface area contributed by atoms with Gasteiger partial charge in [0, 0.05) is 35.2 Å². The number of methoxy groups -OCH3 is 1. The first-order chi connectivity index (χ1) is 11.6. The fraction of sp³-hybridized carbons (Fsp3) is 0.118. The molecule has 0 amide bonds. The second-order valence-electron chi connectivity index (χ2n) is 4.98. The van der Waals surface area contributed by atoms with Gasteiger partial charge in [-0.25, -0.2) is 9.59 Å². The third-order valence-electron chi connectivity index (χ3n) is 3.43. The van der Waals surface area contributed by atoms with E-state index in [0.29, 0.717) is 27.0 Å². The van der Waals surface area contributed by atoms with Gasteiger partial charge in [-0.2, -0.15) is 4.73 Å². The summed E-state index contributed by atoms with van der Waals surface area (Å²) < 4.78 is 16.0. The normalized spacial score (nSPS) is 10.5. The van der Waals surface area contributed by atoms with Gasteiger partial charge in [0.1, 0.15) is 17.9 Å². The molecule has 0 aliphatic heterocycles. The van der Waals surface area contributed by atoms with Crippen LogP contribution >= 0.6 is 0 Å². The number of benzene rings is 1. The van der Waals surface area contributed by atoms with Gasteiger partial charge in [0.15, 0.2) is 12.4 Å². The lowest BCUT2D eigenvalue weighted by atomic mass is 10.1. The van der Waals surface area contributed by atoms with Crippen molar-refractivity contribution < 1.29 is 23.4 Å². The second-order valence-corrected chi connectivity index (χ2v) is 4.98. The Morgan fingerprint density at radius 3 is 2.67 bits per heavy atom. The molecule has 1 aromatic carbocycles. The standard InChI is InChI=1S/C17H13NO6/c1-22-13-2-3-14-12(8-16(19)24-15(14)9-13)10-23-17(20)11-4-6-18(21)7-5-11/h2-9H,10H2,1H3. The van der Waals surface area contributed by atoms with Crippen LogP contribution in [0.2, 0.25) is 0 Å². The molecular weight excluding hydrogens is 314 g/mol. The van der Waals surface area contributed by atoms with Crippen LogP contribution in [-0.4, -0.2) is 13.1 Å². The van der Waals surface area contributed by atoms with E-state index in [9.17, 15) is 14.8 Å². The van der Waals surface area contributed by atoms with Gasteiger partial charge in [0.2, 0.25) is 0 Å². The number of hydrogen-bond donors (Lipinski definition) is 0. The third-order valence-corrected chi connectivity index (χ3v) is 3.43. The molecule has 122 valence electrons. The summed E-state index contributed by atoms with van der Waals surface area (Å²) in [7, 11) is 1.51. The van der Waals surface area contributed by atoms with Gasteiger partial charge in [-0.1, -0.05) is 0 Å². The van der Waals surface area contributed by atoms with Gasteiger partial charge in [-0.3, -0.25) is 0 Å². The largest absolute Gasteiger partial charge is 0.619 e.